The molecule has 1 atom stereocenters. The zero-order chi connectivity index (χ0) is 12.8. The van der Waals surface area contributed by atoms with E-state index in [1.165, 1.54) is 0 Å². The lowest BCUT2D eigenvalue weighted by atomic mass is 10.2. The summed E-state index contributed by atoms with van der Waals surface area (Å²) >= 11 is 0. The molecule has 0 unspecified atom stereocenters. The molecule has 0 bridgehead atoms. The second-order valence-electron chi connectivity index (χ2n) is 4.89. The maximum absolute atomic E-state index is 12.1. The number of carbonyl (C=O) groups excluding carboxylic acids is 1. The zero-order valence-electron chi connectivity index (χ0n) is 11.3. The number of nitrogens with one attached hydrogen (secondary N) is 1. The molecule has 4 nitrogen and oxygen atoms in total. The van der Waals surface area contributed by atoms with Crippen LogP contribution in [0.1, 0.15) is 20.8 Å². The van der Waals surface area contributed by atoms with Crippen LogP contribution in [0.3, 0.4) is 0 Å². The van der Waals surface area contributed by atoms with E-state index >= 15 is 0 Å². The largest absolute Gasteiger partial charge is 0.338 e. The quantitative estimate of drug-likeness (QED) is 0.718. The summed E-state index contributed by atoms with van der Waals surface area (Å²) in [6.45, 7) is 14.9. The Morgan fingerprint density at radius 1 is 1.59 bits per heavy atom. The van der Waals surface area contributed by atoms with Gasteiger partial charge in [0.15, 0.2) is 0 Å². The van der Waals surface area contributed by atoms with E-state index in [4.69, 9.17) is 0 Å². The van der Waals surface area contributed by atoms with Crippen LogP contribution >= 0.6 is 0 Å². The molecule has 0 aromatic carbocycles. The van der Waals surface area contributed by atoms with Crippen molar-refractivity contribution in [2.75, 3.05) is 39.3 Å². The summed E-state index contributed by atoms with van der Waals surface area (Å²) in [5.74, 6) is 0.212. The molecule has 98 valence electrons. The van der Waals surface area contributed by atoms with Crippen molar-refractivity contribution >= 4 is 5.91 Å². The molecule has 1 N–H and O–H groups in total. The Morgan fingerprint density at radius 2 is 2.29 bits per heavy atom. The highest BCUT2D eigenvalue weighted by molar-refractivity contribution is 5.78. The third kappa shape index (κ3) is 4.48. The van der Waals surface area contributed by atoms with E-state index in [0.29, 0.717) is 19.1 Å². The first-order valence-electron chi connectivity index (χ1n) is 6.41. The van der Waals surface area contributed by atoms with Crippen molar-refractivity contribution in [3.05, 3.63) is 12.2 Å². The molecule has 0 radical (unpaired) electrons. The summed E-state index contributed by atoms with van der Waals surface area (Å²) in [5, 5.41) is 3.33. The van der Waals surface area contributed by atoms with E-state index in [-0.39, 0.29) is 5.91 Å². The van der Waals surface area contributed by atoms with Crippen LogP contribution in [-0.2, 0) is 4.79 Å². The molecule has 1 fully saturated rings. The van der Waals surface area contributed by atoms with Gasteiger partial charge in [-0.25, -0.2) is 0 Å². The Hall–Kier alpha value is -0.870. The molecular weight excluding hydrogens is 214 g/mol. The maximum Gasteiger partial charge on any atom is 0.237 e. The van der Waals surface area contributed by atoms with Crippen molar-refractivity contribution in [1.29, 1.82) is 0 Å². The first-order valence-corrected chi connectivity index (χ1v) is 6.41. The van der Waals surface area contributed by atoms with Crippen LogP contribution in [0.4, 0.5) is 0 Å². The van der Waals surface area contributed by atoms with Gasteiger partial charge < -0.3 is 10.2 Å². The lowest BCUT2D eigenvalue weighted by molar-refractivity contribution is -0.132. The fourth-order valence-corrected chi connectivity index (χ4v) is 2.09. The van der Waals surface area contributed by atoms with Gasteiger partial charge in [-0.15, -0.1) is 0 Å². The van der Waals surface area contributed by atoms with Gasteiger partial charge in [-0.05, 0) is 20.8 Å². The fraction of sp³-hybridized carbons (Fsp3) is 0.769. The number of rotatable bonds is 5. The summed E-state index contributed by atoms with van der Waals surface area (Å²) in [4.78, 5) is 16.3. The molecular formula is C13H25N3O. The Balaban J connectivity index is 2.47. The van der Waals surface area contributed by atoms with E-state index in [9.17, 15) is 4.79 Å². The third-order valence-electron chi connectivity index (χ3n) is 3.17. The molecule has 0 saturated carbocycles. The van der Waals surface area contributed by atoms with Crippen LogP contribution in [-0.4, -0.2) is 61.0 Å². The van der Waals surface area contributed by atoms with E-state index < -0.39 is 0 Å². The van der Waals surface area contributed by atoms with Crippen LogP contribution in [0, 0.1) is 0 Å². The minimum absolute atomic E-state index is 0.212. The summed E-state index contributed by atoms with van der Waals surface area (Å²) in [7, 11) is 0. The number of hydrogen-bond donors (Lipinski definition) is 1. The van der Waals surface area contributed by atoms with Gasteiger partial charge >= 0.3 is 0 Å². The van der Waals surface area contributed by atoms with Crippen LogP contribution in [0.2, 0.25) is 0 Å². The van der Waals surface area contributed by atoms with Crippen molar-refractivity contribution in [3.8, 4) is 0 Å². The van der Waals surface area contributed by atoms with Crippen molar-refractivity contribution in [1.82, 2.24) is 15.1 Å². The van der Waals surface area contributed by atoms with Gasteiger partial charge in [0.2, 0.25) is 5.91 Å². The molecule has 0 aromatic rings. The highest BCUT2D eigenvalue weighted by Gasteiger charge is 2.22. The monoisotopic (exact) mass is 239 g/mol. The van der Waals surface area contributed by atoms with E-state index in [0.717, 1.165) is 31.8 Å². The summed E-state index contributed by atoms with van der Waals surface area (Å²) in [5.41, 5.74) is 1.04. The van der Waals surface area contributed by atoms with Crippen LogP contribution in [0.5, 0.6) is 0 Å². The van der Waals surface area contributed by atoms with Crippen molar-refractivity contribution < 1.29 is 4.79 Å². The third-order valence-corrected chi connectivity index (χ3v) is 3.17. The number of hydrogen-bond acceptors (Lipinski definition) is 3. The highest BCUT2D eigenvalue weighted by atomic mass is 16.2. The summed E-state index contributed by atoms with van der Waals surface area (Å²) in [6, 6.07) is 0.441. The molecule has 0 spiro atoms. The van der Waals surface area contributed by atoms with Gasteiger partial charge in [-0.1, -0.05) is 12.2 Å². The van der Waals surface area contributed by atoms with Gasteiger partial charge in [0.25, 0.3) is 0 Å². The lowest BCUT2D eigenvalue weighted by Crippen LogP contribution is -2.53. The van der Waals surface area contributed by atoms with Gasteiger partial charge in [0, 0.05) is 38.8 Å². The highest BCUT2D eigenvalue weighted by Crippen LogP contribution is 2.04. The minimum atomic E-state index is 0.212. The van der Waals surface area contributed by atoms with Crippen molar-refractivity contribution in [3.63, 3.8) is 0 Å². The van der Waals surface area contributed by atoms with Crippen LogP contribution < -0.4 is 5.32 Å². The van der Waals surface area contributed by atoms with Crippen LogP contribution in [0.25, 0.3) is 0 Å². The zero-order valence-corrected chi connectivity index (χ0v) is 11.3. The number of nitrogens with zero attached hydrogens (tertiary/aromatic N) is 2. The fourth-order valence-electron chi connectivity index (χ4n) is 2.09. The Bertz CT molecular complexity index is 278. The molecule has 1 heterocycles. The van der Waals surface area contributed by atoms with Gasteiger partial charge in [0.05, 0.1) is 6.54 Å². The Morgan fingerprint density at radius 3 is 2.82 bits per heavy atom. The number of piperazine rings is 1. The van der Waals surface area contributed by atoms with E-state index in [1.807, 2.05) is 18.7 Å². The second kappa shape index (κ2) is 6.77. The summed E-state index contributed by atoms with van der Waals surface area (Å²) < 4.78 is 0. The second-order valence-corrected chi connectivity index (χ2v) is 4.89. The predicted octanol–water partition coefficient (Wildman–Crippen LogP) is 0.705. The SMILES string of the molecule is C=C(C)CN(CC)C(=O)CN1CCNC[C@H]1C. The van der Waals surface area contributed by atoms with Gasteiger partial charge in [-0.2, -0.15) is 0 Å². The standard InChI is InChI=1S/C13H25N3O/c1-5-15(9-11(2)3)13(17)10-16-7-6-14-8-12(16)4/h12,14H,2,5-10H2,1,3-4H3/t12-/m1/s1. The Labute approximate surface area is 105 Å². The molecule has 1 amide bonds. The van der Waals surface area contributed by atoms with Crippen molar-refractivity contribution in [2.45, 2.75) is 26.8 Å². The normalized spacial score (nSPS) is 21.2. The topological polar surface area (TPSA) is 35.6 Å². The minimum Gasteiger partial charge on any atom is -0.338 e. The molecule has 0 aliphatic carbocycles. The molecule has 17 heavy (non-hydrogen) atoms. The average Bonchev–Trinajstić information content (AvgIpc) is 2.28. The average molecular weight is 239 g/mol. The number of likely N-dealkylation sites (N-methyl/N-ethyl adjacent to an activating group) is 1. The summed E-state index contributed by atoms with van der Waals surface area (Å²) in [6.07, 6.45) is 0. The van der Waals surface area contributed by atoms with Gasteiger partial charge in [0.1, 0.15) is 0 Å². The first kappa shape index (κ1) is 14.2. The molecule has 4 heteroatoms. The van der Waals surface area contributed by atoms with Gasteiger partial charge in [-0.3, -0.25) is 9.69 Å². The Kier molecular flexibility index (Phi) is 5.65. The lowest BCUT2D eigenvalue weighted by Gasteiger charge is -2.34. The molecule has 1 aliphatic rings. The molecule has 1 saturated heterocycles. The van der Waals surface area contributed by atoms with E-state index in [2.05, 4.69) is 23.7 Å². The number of carbonyl (C=O) groups is 1. The smallest absolute Gasteiger partial charge is 0.237 e. The molecule has 0 aromatic heterocycles. The van der Waals surface area contributed by atoms with Crippen molar-refractivity contribution in [2.24, 2.45) is 0 Å². The number of amides is 1. The van der Waals surface area contributed by atoms with E-state index in [1.54, 1.807) is 0 Å². The maximum atomic E-state index is 12.1. The first-order chi connectivity index (χ1) is 8.04. The molecule has 1 aliphatic heterocycles. The van der Waals surface area contributed by atoms with Crippen LogP contribution in [0.15, 0.2) is 12.2 Å². The molecule has 1 rings (SSSR count). The predicted molar refractivity (Wildman–Crippen MR) is 71.0 cm³/mol.